The molecule has 0 saturated heterocycles. The van der Waals surface area contributed by atoms with Crippen LogP contribution < -0.4 is 0 Å². The van der Waals surface area contributed by atoms with Crippen LogP contribution in [0.4, 0.5) is 0 Å². The van der Waals surface area contributed by atoms with Gasteiger partial charge in [-0.15, -0.1) is 0 Å². The molecule has 0 aromatic carbocycles. The van der Waals surface area contributed by atoms with Crippen LogP contribution in [0, 0.1) is 56.7 Å². The molecule has 0 radical (unpaired) electrons. The number of carbonyl (C=O) groups is 1. The summed E-state index contributed by atoms with van der Waals surface area (Å²) in [7, 11) is 0. The summed E-state index contributed by atoms with van der Waals surface area (Å²) in [5.41, 5.74) is 1.45. The van der Waals surface area contributed by atoms with Gasteiger partial charge in [-0.05, 0) is 110 Å². The van der Waals surface area contributed by atoms with E-state index in [0.717, 1.165) is 32.1 Å². The zero-order valence-electron chi connectivity index (χ0n) is 23.1. The molecule has 0 aromatic heterocycles. The van der Waals surface area contributed by atoms with Crippen LogP contribution in [-0.2, 0) is 4.79 Å². The van der Waals surface area contributed by atoms with E-state index < -0.39 is 12.2 Å². The van der Waals surface area contributed by atoms with E-state index in [-0.39, 0.29) is 27.1 Å². The van der Waals surface area contributed by atoms with E-state index in [1.54, 1.807) is 5.57 Å². The first-order chi connectivity index (χ1) is 15.7. The minimum Gasteiger partial charge on any atom is -0.390 e. The lowest BCUT2D eigenvalue weighted by Crippen LogP contribution is -2.67. The fourth-order valence-electron chi connectivity index (χ4n) is 11.2. The minimum atomic E-state index is -0.646. The standard InChI is InChI=1S/C31H50O3/c1-18-11-14-31(20(3)32)16-15-29(7)21(25(31)19(18)2)9-10-24-28(6)17-22(33)26(34)27(4,5)23(28)12-13-30(24,29)8/h9,18-19,22-26,33-34H,10-17H2,1-8H3/t18-,19+,22-,23+,24-,25+,26-,28+,29-,30-,31-/m1/s1. The third kappa shape index (κ3) is 2.81. The second-order valence-corrected chi connectivity index (χ2v) is 14.9. The molecule has 2 N–H and O–H groups in total. The predicted octanol–water partition coefficient (Wildman–Crippen LogP) is 6.56. The Bertz CT molecular complexity index is 904. The van der Waals surface area contributed by atoms with E-state index in [9.17, 15) is 15.0 Å². The van der Waals surface area contributed by atoms with Crippen molar-refractivity contribution in [3.63, 3.8) is 0 Å². The number of allylic oxidation sites excluding steroid dienone is 2. The molecule has 3 nitrogen and oxygen atoms in total. The van der Waals surface area contributed by atoms with Gasteiger partial charge in [-0.2, -0.15) is 0 Å². The summed E-state index contributed by atoms with van der Waals surface area (Å²) in [4.78, 5) is 13.2. The third-order valence-electron chi connectivity index (χ3n) is 13.6. The van der Waals surface area contributed by atoms with Crippen LogP contribution in [0.5, 0.6) is 0 Å². The Hall–Kier alpha value is -0.670. The minimum absolute atomic E-state index is 0.0147. The molecule has 0 heterocycles. The van der Waals surface area contributed by atoms with Crippen molar-refractivity contribution < 1.29 is 15.0 Å². The molecule has 0 aromatic rings. The fourth-order valence-corrected chi connectivity index (χ4v) is 11.2. The quantitative estimate of drug-likeness (QED) is 0.426. The molecule has 5 aliphatic rings. The molecule has 11 atom stereocenters. The summed E-state index contributed by atoms with van der Waals surface area (Å²) < 4.78 is 0. The third-order valence-corrected chi connectivity index (χ3v) is 13.6. The highest BCUT2D eigenvalue weighted by Crippen LogP contribution is 2.75. The molecule has 0 amide bonds. The molecule has 0 unspecified atom stereocenters. The summed E-state index contributed by atoms with van der Waals surface area (Å²) in [5, 5.41) is 21.9. The number of hydrogen-bond acceptors (Lipinski definition) is 3. The molecule has 4 saturated carbocycles. The second kappa shape index (κ2) is 7.44. The van der Waals surface area contributed by atoms with Crippen molar-refractivity contribution in [1.29, 1.82) is 0 Å². The fraction of sp³-hybridized carbons (Fsp3) is 0.903. The smallest absolute Gasteiger partial charge is 0.136 e. The number of ketones is 1. The van der Waals surface area contributed by atoms with Gasteiger partial charge in [-0.1, -0.05) is 60.1 Å². The number of rotatable bonds is 1. The van der Waals surface area contributed by atoms with Crippen LogP contribution in [0.1, 0.15) is 107 Å². The Morgan fingerprint density at radius 1 is 0.941 bits per heavy atom. The van der Waals surface area contributed by atoms with Crippen LogP contribution in [0.25, 0.3) is 0 Å². The van der Waals surface area contributed by atoms with Crippen LogP contribution in [0.2, 0.25) is 0 Å². The van der Waals surface area contributed by atoms with Gasteiger partial charge in [0.2, 0.25) is 0 Å². The molecule has 0 spiro atoms. The Morgan fingerprint density at radius 3 is 2.26 bits per heavy atom. The van der Waals surface area contributed by atoms with Crippen molar-refractivity contribution in [3.8, 4) is 0 Å². The maximum absolute atomic E-state index is 13.2. The highest BCUT2D eigenvalue weighted by molar-refractivity contribution is 5.84. The summed E-state index contributed by atoms with van der Waals surface area (Å²) in [6, 6.07) is 0. The Balaban J connectivity index is 1.62. The zero-order chi connectivity index (χ0) is 25.1. The van der Waals surface area contributed by atoms with Crippen molar-refractivity contribution in [2.24, 2.45) is 56.7 Å². The van der Waals surface area contributed by atoms with Gasteiger partial charge in [0.05, 0.1) is 12.2 Å². The van der Waals surface area contributed by atoms with Gasteiger partial charge < -0.3 is 10.2 Å². The highest BCUT2D eigenvalue weighted by Gasteiger charge is 2.69. The van der Waals surface area contributed by atoms with Gasteiger partial charge >= 0.3 is 0 Å². The van der Waals surface area contributed by atoms with Crippen LogP contribution in [0.15, 0.2) is 11.6 Å². The van der Waals surface area contributed by atoms with E-state index >= 15 is 0 Å². The van der Waals surface area contributed by atoms with E-state index in [4.69, 9.17) is 0 Å². The lowest BCUT2D eigenvalue weighted by Gasteiger charge is -2.71. The molecular weight excluding hydrogens is 420 g/mol. The Labute approximate surface area is 208 Å². The molecule has 5 aliphatic carbocycles. The topological polar surface area (TPSA) is 57.5 Å². The normalized spacial score (nSPS) is 56.3. The number of Topliss-reactive ketones (excluding diaryl/α,β-unsaturated/α-hetero) is 1. The van der Waals surface area contributed by atoms with Gasteiger partial charge in [-0.25, -0.2) is 0 Å². The predicted molar refractivity (Wildman–Crippen MR) is 137 cm³/mol. The van der Waals surface area contributed by atoms with Crippen molar-refractivity contribution in [2.45, 2.75) is 119 Å². The van der Waals surface area contributed by atoms with E-state index in [1.165, 1.54) is 12.8 Å². The van der Waals surface area contributed by atoms with Crippen molar-refractivity contribution >= 4 is 5.78 Å². The second-order valence-electron chi connectivity index (χ2n) is 14.9. The molecule has 192 valence electrons. The number of hydrogen-bond donors (Lipinski definition) is 2. The first-order valence-corrected chi connectivity index (χ1v) is 14.2. The van der Waals surface area contributed by atoms with Crippen molar-refractivity contribution in [3.05, 3.63) is 11.6 Å². The lowest BCUT2D eigenvalue weighted by molar-refractivity contribution is -0.231. The number of aliphatic hydroxyl groups excluding tert-OH is 2. The average Bonchev–Trinajstić information content (AvgIpc) is 2.75. The summed E-state index contributed by atoms with van der Waals surface area (Å²) in [6.45, 7) is 18.6. The van der Waals surface area contributed by atoms with Crippen LogP contribution >= 0.6 is 0 Å². The van der Waals surface area contributed by atoms with E-state index in [1.807, 2.05) is 6.92 Å². The number of fused-ring (bicyclic) bond motifs is 7. The molecule has 0 bridgehead atoms. The van der Waals surface area contributed by atoms with Gasteiger partial charge in [0, 0.05) is 5.41 Å². The summed E-state index contributed by atoms with van der Waals surface area (Å²) in [5.74, 6) is 2.93. The SMILES string of the molecule is CC(=O)[C@]12CC[C@@H](C)[C@H](C)[C@H]1C1=CC[C@@H]3[C@@]4(C)C[C@@H](O)[C@@H](O)C(C)(C)[C@@H]4CC[C@@]3(C)[C@]1(C)CC2. The number of carbonyl (C=O) groups excluding carboxylic acids is 1. The van der Waals surface area contributed by atoms with E-state index in [0.29, 0.717) is 41.8 Å². The monoisotopic (exact) mass is 470 g/mol. The molecule has 5 rings (SSSR count). The maximum atomic E-state index is 13.2. The summed E-state index contributed by atoms with van der Waals surface area (Å²) in [6.07, 6.45) is 9.75. The zero-order valence-corrected chi connectivity index (χ0v) is 23.1. The van der Waals surface area contributed by atoms with Crippen LogP contribution in [-0.4, -0.2) is 28.2 Å². The first-order valence-electron chi connectivity index (χ1n) is 14.2. The molecular formula is C31H50O3. The van der Waals surface area contributed by atoms with Gasteiger partial charge in [0.25, 0.3) is 0 Å². The summed E-state index contributed by atoms with van der Waals surface area (Å²) >= 11 is 0. The molecule has 3 heteroatoms. The molecule has 34 heavy (non-hydrogen) atoms. The first kappa shape index (κ1) is 25.0. The largest absolute Gasteiger partial charge is 0.390 e. The van der Waals surface area contributed by atoms with E-state index in [2.05, 4.69) is 54.5 Å². The van der Waals surface area contributed by atoms with Gasteiger partial charge in [0.1, 0.15) is 5.78 Å². The highest BCUT2D eigenvalue weighted by atomic mass is 16.3. The Morgan fingerprint density at radius 2 is 1.62 bits per heavy atom. The van der Waals surface area contributed by atoms with Crippen LogP contribution in [0.3, 0.4) is 0 Å². The lowest BCUT2D eigenvalue weighted by atomic mass is 9.33. The number of aliphatic hydroxyl groups is 2. The van der Waals surface area contributed by atoms with Crippen molar-refractivity contribution in [1.82, 2.24) is 0 Å². The molecule has 4 fully saturated rings. The Kier molecular flexibility index (Phi) is 5.47. The molecule has 0 aliphatic heterocycles. The average molecular weight is 471 g/mol. The van der Waals surface area contributed by atoms with Gasteiger partial charge in [-0.3, -0.25) is 4.79 Å². The maximum Gasteiger partial charge on any atom is 0.136 e. The van der Waals surface area contributed by atoms with Crippen molar-refractivity contribution in [2.75, 3.05) is 0 Å². The van der Waals surface area contributed by atoms with Gasteiger partial charge in [0.15, 0.2) is 0 Å².